The second-order valence-corrected chi connectivity index (χ2v) is 5.28. The Morgan fingerprint density at radius 2 is 2.35 bits per heavy atom. The van der Waals surface area contributed by atoms with Crippen LogP contribution in [-0.4, -0.2) is 42.9 Å². The number of carbonyl (C=O) groups is 1. The van der Waals surface area contributed by atoms with Gasteiger partial charge in [-0.2, -0.15) is 0 Å². The number of amides is 1. The van der Waals surface area contributed by atoms with Gasteiger partial charge in [0.25, 0.3) is 0 Å². The van der Waals surface area contributed by atoms with Crippen molar-refractivity contribution >= 4 is 5.91 Å². The third-order valence-electron chi connectivity index (χ3n) is 3.97. The Morgan fingerprint density at radius 1 is 1.53 bits per heavy atom. The van der Waals surface area contributed by atoms with Crippen molar-refractivity contribution in [2.24, 2.45) is 17.6 Å². The molecule has 0 bridgehead atoms. The lowest BCUT2D eigenvalue weighted by molar-refractivity contribution is -0.127. The van der Waals surface area contributed by atoms with E-state index in [2.05, 4.69) is 5.32 Å². The molecule has 1 saturated heterocycles. The highest BCUT2D eigenvalue weighted by molar-refractivity contribution is 5.79. The normalized spacial score (nSPS) is 37.3. The maximum atomic E-state index is 12.0. The van der Waals surface area contributed by atoms with E-state index >= 15 is 0 Å². The molecule has 0 spiro atoms. The van der Waals surface area contributed by atoms with E-state index in [1.54, 1.807) is 0 Å². The van der Waals surface area contributed by atoms with Gasteiger partial charge < -0.3 is 20.9 Å². The molecule has 5 heteroatoms. The lowest BCUT2D eigenvalue weighted by atomic mass is 9.95. The monoisotopic (exact) mass is 242 g/mol. The van der Waals surface area contributed by atoms with E-state index in [9.17, 15) is 9.90 Å². The van der Waals surface area contributed by atoms with Crippen molar-refractivity contribution in [1.82, 2.24) is 5.32 Å². The van der Waals surface area contributed by atoms with Crippen LogP contribution in [0.15, 0.2) is 0 Å². The van der Waals surface area contributed by atoms with Crippen molar-refractivity contribution in [2.75, 3.05) is 26.3 Å². The molecule has 1 aliphatic heterocycles. The van der Waals surface area contributed by atoms with Gasteiger partial charge in [-0.3, -0.25) is 4.79 Å². The standard InChI is InChI=1S/C12H22N2O3/c13-6-9-2-1-3-10(9)11(15)14-7-12(16)4-5-17-8-12/h9-10,16H,1-8,13H2,(H,14,15). The summed E-state index contributed by atoms with van der Waals surface area (Å²) in [4.78, 5) is 12.0. The second-order valence-electron chi connectivity index (χ2n) is 5.28. The highest BCUT2D eigenvalue weighted by atomic mass is 16.5. The second kappa shape index (κ2) is 5.33. The summed E-state index contributed by atoms with van der Waals surface area (Å²) in [6, 6.07) is 0. The van der Waals surface area contributed by atoms with E-state index in [4.69, 9.17) is 10.5 Å². The fourth-order valence-corrected chi connectivity index (χ4v) is 2.78. The quantitative estimate of drug-likeness (QED) is 0.628. The molecule has 3 unspecified atom stereocenters. The summed E-state index contributed by atoms with van der Waals surface area (Å²) in [6.07, 6.45) is 3.64. The molecule has 2 fully saturated rings. The number of nitrogens with one attached hydrogen (secondary N) is 1. The first-order valence-electron chi connectivity index (χ1n) is 6.42. The van der Waals surface area contributed by atoms with Crippen LogP contribution in [0.25, 0.3) is 0 Å². The van der Waals surface area contributed by atoms with Crippen LogP contribution < -0.4 is 11.1 Å². The molecule has 2 rings (SSSR count). The Balaban J connectivity index is 1.80. The van der Waals surface area contributed by atoms with Crippen LogP contribution in [0.1, 0.15) is 25.7 Å². The molecule has 2 aliphatic rings. The number of hydrogen-bond acceptors (Lipinski definition) is 4. The van der Waals surface area contributed by atoms with Crippen LogP contribution in [0.5, 0.6) is 0 Å². The summed E-state index contributed by atoms with van der Waals surface area (Å²) < 4.78 is 5.14. The Labute approximate surface area is 102 Å². The molecule has 0 aromatic carbocycles. The number of rotatable bonds is 4. The van der Waals surface area contributed by atoms with Gasteiger partial charge in [0.15, 0.2) is 0 Å². The first-order valence-corrected chi connectivity index (χ1v) is 6.42. The zero-order valence-corrected chi connectivity index (χ0v) is 10.2. The van der Waals surface area contributed by atoms with Crippen molar-refractivity contribution in [3.05, 3.63) is 0 Å². The average Bonchev–Trinajstić information content (AvgIpc) is 2.95. The molecule has 4 N–H and O–H groups in total. The van der Waals surface area contributed by atoms with Crippen LogP contribution in [0.2, 0.25) is 0 Å². The first kappa shape index (κ1) is 12.8. The molecule has 17 heavy (non-hydrogen) atoms. The molecule has 1 heterocycles. The molecule has 3 atom stereocenters. The lowest BCUT2D eigenvalue weighted by Gasteiger charge is -2.23. The smallest absolute Gasteiger partial charge is 0.223 e. The topological polar surface area (TPSA) is 84.6 Å². The number of hydrogen-bond donors (Lipinski definition) is 3. The third-order valence-corrected chi connectivity index (χ3v) is 3.97. The Morgan fingerprint density at radius 3 is 3.00 bits per heavy atom. The maximum Gasteiger partial charge on any atom is 0.223 e. The predicted molar refractivity (Wildman–Crippen MR) is 63.3 cm³/mol. The molecule has 0 aromatic heterocycles. The number of nitrogens with two attached hydrogens (primary N) is 1. The lowest BCUT2D eigenvalue weighted by Crippen LogP contribution is -2.46. The van der Waals surface area contributed by atoms with Gasteiger partial charge in [0.05, 0.1) is 6.61 Å². The van der Waals surface area contributed by atoms with Gasteiger partial charge in [-0.25, -0.2) is 0 Å². The summed E-state index contributed by atoms with van der Waals surface area (Å²) in [6.45, 7) is 1.75. The van der Waals surface area contributed by atoms with Gasteiger partial charge in [-0.15, -0.1) is 0 Å². The summed E-state index contributed by atoms with van der Waals surface area (Å²) >= 11 is 0. The highest BCUT2D eigenvalue weighted by Gasteiger charge is 2.36. The highest BCUT2D eigenvalue weighted by Crippen LogP contribution is 2.31. The van der Waals surface area contributed by atoms with Gasteiger partial charge >= 0.3 is 0 Å². The van der Waals surface area contributed by atoms with Crippen molar-refractivity contribution in [1.29, 1.82) is 0 Å². The summed E-state index contributed by atoms with van der Waals surface area (Å²) in [5.41, 5.74) is 4.79. The first-order chi connectivity index (χ1) is 8.14. The van der Waals surface area contributed by atoms with Crippen LogP contribution in [0.4, 0.5) is 0 Å². The van der Waals surface area contributed by atoms with Gasteiger partial charge in [-0.1, -0.05) is 6.42 Å². The molecular formula is C12H22N2O3. The molecule has 1 saturated carbocycles. The van der Waals surface area contributed by atoms with Gasteiger partial charge in [0.2, 0.25) is 5.91 Å². The fourth-order valence-electron chi connectivity index (χ4n) is 2.78. The number of carbonyl (C=O) groups excluding carboxylic acids is 1. The van der Waals surface area contributed by atoms with Gasteiger partial charge in [0.1, 0.15) is 5.60 Å². The molecular weight excluding hydrogens is 220 g/mol. The van der Waals surface area contributed by atoms with Crippen LogP contribution >= 0.6 is 0 Å². The zero-order chi connectivity index (χ0) is 12.3. The number of ether oxygens (including phenoxy) is 1. The van der Waals surface area contributed by atoms with Gasteiger partial charge in [-0.05, 0) is 25.3 Å². The minimum atomic E-state index is -0.869. The van der Waals surface area contributed by atoms with Crippen LogP contribution in [-0.2, 0) is 9.53 Å². The van der Waals surface area contributed by atoms with Crippen molar-refractivity contribution < 1.29 is 14.6 Å². The Kier molecular flexibility index (Phi) is 4.01. The number of aliphatic hydroxyl groups is 1. The van der Waals surface area contributed by atoms with Gasteiger partial charge in [0, 0.05) is 25.5 Å². The summed E-state index contributed by atoms with van der Waals surface area (Å²) in [5, 5.41) is 12.9. The van der Waals surface area contributed by atoms with E-state index in [1.165, 1.54) is 0 Å². The van der Waals surface area contributed by atoms with E-state index in [0.717, 1.165) is 19.3 Å². The maximum absolute atomic E-state index is 12.0. The van der Waals surface area contributed by atoms with E-state index in [-0.39, 0.29) is 11.8 Å². The molecule has 5 nitrogen and oxygen atoms in total. The molecule has 1 aliphatic carbocycles. The molecule has 1 amide bonds. The zero-order valence-electron chi connectivity index (χ0n) is 10.2. The van der Waals surface area contributed by atoms with E-state index in [0.29, 0.717) is 38.6 Å². The van der Waals surface area contributed by atoms with E-state index < -0.39 is 5.60 Å². The molecule has 98 valence electrons. The predicted octanol–water partition coefficient (Wildman–Crippen LogP) is -0.371. The Hall–Kier alpha value is -0.650. The van der Waals surface area contributed by atoms with Crippen LogP contribution in [0.3, 0.4) is 0 Å². The minimum absolute atomic E-state index is 0.0333. The molecule has 0 radical (unpaired) electrons. The SMILES string of the molecule is NCC1CCCC1C(=O)NCC1(O)CCOC1. The summed E-state index contributed by atoms with van der Waals surface area (Å²) in [5.74, 6) is 0.383. The Bertz CT molecular complexity index is 277. The largest absolute Gasteiger partial charge is 0.386 e. The fraction of sp³-hybridized carbons (Fsp3) is 0.917. The third kappa shape index (κ3) is 2.97. The molecule has 0 aromatic rings. The minimum Gasteiger partial charge on any atom is -0.386 e. The van der Waals surface area contributed by atoms with Crippen molar-refractivity contribution in [2.45, 2.75) is 31.3 Å². The average molecular weight is 242 g/mol. The van der Waals surface area contributed by atoms with Crippen molar-refractivity contribution in [3.8, 4) is 0 Å². The van der Waals surface area contributed by atoms with E-state index in [1.807, 2.05) is 0 Å². The van der Waals surface area contributed by atoms with Crippen molar-refractivity contribution in [3.63, 3.8) is 0 Å². The van der Waals surface area contributed by atoms with Crippen LogP contribution in [0, 0.1) is 11.8 Å². The summed E-state index contributed by atoms with van der Waals surface area (Å²) in [7, 11) is 0.